The molecule has 384 valence electrons. The molecule has 14 nitrogen and oxygen atoms in total. The number of ether oxygens (including phenoxy) is 4. The van der Waals surface area contributed by atoms with Gasteiger partial charge in [0, 0.05) is 83.6 Å². The van der Waals surface area contributed by atoms with E-state index < -0.39 is 16.9 Å². The molecule has 1 heterocycles. The first-order valence-electron chi connectivity index (χ1n) is 23.9. The largest absolute Gasteiger partial charge is 0.402 e. The second-order valence-electron chi connectivity index (χ2n) is 20.4. The summed E-state index contributed by atoms with van der Waals surface area (Å²) in [5, 5.41) is 0.0111. The Hall–Kier alpha value is -0.0000000000000000416. The van der Waals surface area contributed by atoms with Gasteiger partial charge in [-0.1, -0.05) is 23.5 Å². The minimum absolute atomic E-state index is 0.0157. The Morgan fingerprint density at radius 2 is 1.03 bits per heavy atom. The predicted octanol–water partition coefficient (Wildman–Crippen LogP) is 11.6. The maximum atomic E-state index is 13.3. The molecule has 0 amide bonds. The van der Waals surface area contributed by atoms with Crippen molar-refractivity contribution >= 4 is 50.7 Å². The lowest BCUT2D eigenvalue weighted by molar-refractivity contribution is -0.114. The number of hydrogen-bond acceptors (Lipinski definition) is 16. The van der Waals surface area contributed by atoms with Gasteiger partial charge in [-0.05, 0) is 171 Å². The minimum Gasteiger partial charge on any atom is -0.402 e. The Bertz CT molecular complexity index is 1360. The van der Waals surface area contributed by atoms with E-state index in [-0.39, 0.29) is 84.5 Å². The molecule has 1 rings (SSSR count). The summed E-state index contributed by atoms with van der Waals surface area (Å²) in [7, 11) is -2.26. The van der Waals surface area contributed by atoms with Crippen molar-refractivity contribution < 1.29 is 37.6 Å². The third kappa shape index (κ3) is 20.7. The van der Waals surface area contributed by atoms with Crippen LogP contribution in [0.25, 0.3) is 0 Å². The van der Waals surface area contributed by atoms with Crippen LogP contribution in [0.4, 0.5) is 0 Å². The van der Waals surface area contributed by atoms with E-state index in [1.807, 2.05) is 0 Å². The molecule has 65 heavy (non-hydrogen) atoms. The summed E-state index contributed by atoms with van der Waals surface area (Å²) < 4.78 is 46.0. The van der Waals surface area contributed by atoms with Crippen LogP contribution in [-0.4, -0.2) is 139 Å². The van der Waals surface area contributed by atoms with Gasteiger partial charge in [-0.2, -0.15) is 0 Å². The molecule has 0 aromatic heterocycles. The zero-order valence-electron chi connectivity index (χ0n) is 44.8. The van der Waals surface area contributed by atoms with Crippen LogP contribution in [0.5, 0.6) is 0 Å². The van der Waals surface area contributed by atoms with Crippen LogP contribution in [0.3, 0.4) is 0 Å². The van der Waals surface area contributed by atoms with Gasteiger partial charge in [0.05, 0.1) is 0 Å². The SMILES string of the molecule is C/C(N)=C(/C)C(=O)SCOCOCOP(N(C(C)C)C(C)C)N(C(C)C)C(C)CC1CCC(C)(C)N(CCC(=O)SCOCOCOP(N(C(C)C)C(C)C)N(C(C)C)C(C)C)C1(C)C. The van der Waals surface area contributed by atoms with Crippen molar-refractivity contribution in [2.75, 3.05) is 45.6 Å². The predicted molar refractivity (Wildman–Crippen MR) is 277 cm³/mol. The molecule has 1 saturated heterocycles. The summed E-state index contributed by atoms with van der Waals surface area (Å²) in [5.74, 6) is 0.804. The number of rotatable bonds is 32. The number of carbonyl (C=O) groups excluding carboxylic acids is 2. The van der Waals surface area contributed by atoms with Gasteiger partial charge in [0.15, 0.2) is 49.2 Å². The molecule has 0 spiro atoms. The topological polar surface area (TPSA) is 132 Å². The average Bonchev–Trinajstić information content (AvgIpc) is 3.16. The number of likely N-dealkylation sites (tertiary alicyclic amines) is 1. The molecule has 18 heteroatoms. The van der Waals surface area contributed by atoms with Crippen LogP contribution in [0.15, 0.2) is 11.3 Å². The summed E-state index contributed by atoms with van der Waals surface area (Å²) in [6, 6.07) is 2.18. The van der Waals surface area contributed by atoms with E-state index in [1.54, 1.807) is 13.8 Å². The number of carbonyl (C=O) groups is 2. The Balaban J connectivity index is 2.92. The number of nitrogens with zero attached hydrogens (tertiary/aromatic N) is 5. The number of thioether (sulfide) groups is 2. The number of hydrogen-bond donors (Lipinski definition) is 1. The summed E-state index contributed by atoms with van der Waals surface area (Å²) in [4.78, 5) is 28.2. The Morgan fingerprint density at radius 3 is 1.43 bits per heavy atom. The van der Waals surface area contributed by atoms with Crippen molar-refractivity contribution in [2.45, 2.75) is 230 Å². The van der Waals surface area contributed by atoms with Gasteiger partial charge in [-0.25, -0.2) is 18.7 Å². The lowest BCUT2D eigenvalue weighted by Gasteiger charge is -2.58. The zero-order valence-corrected chi connectivity index (χ0v) is 48.2. The van der Waals surface area contributed by atoms with Crippen LogP contribution in [0, 0.1) is 5.92 Å². The van der Waals surface area contributed by atoms with Crippen LogP contribution < -0.4 is 5.73 Å². The molecular weight excluding hydrogens is 903 g/mol. The smallest absolute Gasteiger partial charge is 0.218 e. The van der Waals surface area contributed by atoms with Crippen molar-refractivity contribution in [3.63, 3.8) is 0 Å². The molecule has 0 radical (unpaired) electrons. The summed E-state index contributed by atoms with van der Waals surface area (Å²) in [5.41, 5.74) is 6.61. The molecule has 0 aromatic carbocycles. The average molecular weight is 999 g/mol. The van der Waals surface area contributed by atoms with E-state index in [4.69, 9.17) is 33.7 Å². The lowest BCUT2D eigenvalue weighted by atomic mass is 9.70. The molecule has 1 aliphatic heterocycles. The van der Waals surface area contributed by atoms with Crippen LogP contribution >= 0.6 is 40.4 Å². The highest BCUT2D eigenvalue weighted by Gasteiger charge is 2.48. The normalized spacial score (nSPS) is 18.7. The highest BCUT2D eigenvalue weighted by atomic mass is 32.2. The van der Waals surface area contributed by atoms with E-state index in [0.29, 0.717) is 54.3 Å². The maximum absolute atomic E-state index is 13.3. The monoisotopic (exact) mass is 999 g/mol. The van der Waals surface area contributed by atoms with Crippen molar-refractivity contribution in [3.8, 4) is 0 Å². The highest BCUT2D eigenvalue weighted by Crippen LogP contribution is 2.53. The quantitative estimate of drug-likeness (QED) is 0.0296. The lowest BCUT2D eigenvalue weighted by Crippen LogP contribution is -2.63. The van der Waals surface area contributed by atoms with E-state index in [1.165, 1.54) is 11.8 Å². The second kappa shape index (κ2) is 30.7. The van der Waals surface area contributed by atoms with Crippen LogP contribution in [-0.2, 0) is 37.6 Å². The molecule has 0 saturated carbocycles. The Labute approximate surface area is 409 Å². The minimum atomic E-state index is -1.21. The number of piperidine rings is 1. The van der Waals surface area contributed by atoms with Crippen molar-refractivity contribution in [1.29, 1.82) is 0 Å². The molecule has 1 fully saturated rings. The summed E-state index contributed by atoms with van der Waals surface area (Å²) >= 11 is 2.28. The molecule has 3 unspecified atom stereocenters. The van der Waals surface area contributed by atoms with Gasteiger partial charge >= 0.3 is 0 Å². The fraction of sp³-hybridized carbons (Fsp3) is 0.915. The molecule has 3 atom stereocenters. The molecule has 2 N–H and O–H groups in total. The van der Waals surface area contributed by atoms with E-state index >= 15 is 0 Å². The van der Waals surface area contributed by atoms with Crippen LogP contribution in [0.2, 0.25) is 0 Å². The first kappa shape index (κ1) is 63.0. The van der Waals surface area contributed by atoms with Crippen molar-refractivity contribution in [3.05, 3.63) is 11.3 Å². The van der Waals surface area contributed by atoms with Crippen molar-refractivity contribution in [2.24, 2.45) is 11.7 Å². The Kier molecular flexibility index (Phi) is 29.7. The summed E-state index contributed by atoms with van der Waals surface area (Å²) in [6.07, 6.45) is 3.58. The van der Waals surface area contributed by atoms with Crippen molar-refractivity contribution in [1.82, 2.24) is 23.6 Å². The van der Waals surface area contributed by atoms with Gasteiger partial charge in [-0.15, -0.1) is 0 Å². The standard InChI is InChI=1S/C47H96N6O8P2S2/c1-33(2)50(34(3)4)62(51(35(5)6)36(7)8)60-29-56-27-58-31-64-44(54)23-25-49-46(18,19)24-22-43(47(49,20)21)26-40(15)53(39(13)14)63(52(37(9)10)38(11)12)61-30-57-28-59-32-65-45(55)41(16)42(17)48/h33-40,43H,22-32,48H2,1-21H3/b42-41+. The Morgan fingerprint density at radius 1 is 0.631 bits per heavy atom. The third-order valence-electron chi connectivity index (χ3n) is 12.0. The van der Waals surface area contributed by atoms with Gasteiger partial charge in [0.2, 0.25) is 5.12 Å². The van der Waals surface area contributed by atoms with E-state index in [0.717, 1.165) is 31.0 Å². The zero-order chi connectivity index (χ0) is 50.0. The molecule has 0 aliphatic carbocycles. The van der Waals surface area contributed by atoms with E-state index in [9.17, 15) is 9.59 Å². The molecular formula is C47H96N6O8P2S2. The first-order chi connectivity index (χ1) is 30.1. The maximum Gasteiger partial charge on any atom is 0.218 e. The first-order valence-corrected chi connectivity index (χ1v) is 28.2. The third-order valence-corrected chi connectivity index (χ3v) is 19.5. The second-order valence-corrected chi connectivity index (χ2v) is 25.7. The summed E-state index contributed by atoms with van der Waals surface area (Å²) in [6.45, 7) is 47.1. The molecule has 1 aliphatic rings. The molecule has 0 bridgehead atoms. The van der Waals surface area contributed by atoms with Gasteiger partial charge in [0.1, 0.15) is 11.9 Å². The fourth-order valence-electron chi connectivity index (χ4n) is 9.06. The van der Waals surface area contributed by atoms with Gasteiger partial charge < -0.3 is 33.7 Å². The fourth-order valence-corrected chi connectivity index (χ4v) is 14.8. The van der Waals surface area contributed by atoms with Gasteiger partial charge in [0.25, 0.3) is 0 Å². The van der Waals surface area contributed by atoms with Crippen LogP contribution in [0.1, 0.15) is 171 Å². The molecule has 0 aromatic rings. The van der Waals surface area contributed by atoms with E-state index in [2.05, 4.69) is 155 Å². The van der Waals surface area contributed by atoms with Gasteiger partial charge in [-0.3, -0.25) is 14.5 Å². The highest BCUT2D eigenvalue weighted by molar-refractivity contribution is 8.14. The number of nitrogens with two attached hydrogens (primary N) is 1. The number of allylic oxidation sites excluding steroid dienone is 1.